The highest BCUT2D eigenvalue weighted by Gasteiger charge is 2.36. The number of hydrogen-bond donors (Lipinski definition) is 1. The van der Waals surface area contributed by atoms with E-state index in [1.54, 1.807) is 45.0 Å². The minimum atomic E-state index is -4.77. The summed E-state index contributed by atoms with van der Waals surface area (Å²) in [6.45, 7) is 13.1. The monoisotopic (exact) mass is 673 g/mol. The third-order valence-corrected chi connectivity index (χ3v) is 8.25. The molecule has 0 aliphatic heterocycles. The minimum Gasteiger partial charge on any atom is -0.466 e. The number of aromatic nitrogens is 1. The molecule has 1 unspecified atom stereocenters. The number of halogens is 4. The summed E-state index contributed by atoms with van der Waals surface area (Å²) in [5.41, 5.74) is 2.79. The summed E-state index contributed by atoms with van der Waals surface area (Å²) in [7, 11) is 3.44. The predicted molar refractivity (Wildman–Crippen MR) is 179 cm³/mol. The molecule has 0 radical (unpaired) electrons. The average molecular weight is 674 g/mol. The van der Waals surface area contributed by atoms with E-state index < -0.39 is 53.5 Å². The molecular formula is C37H47F4N3O4. The van der Waals surface area contributed by atoms with Crippen molar-refractivity contribution in [3.8, 4) is 11.1 Å². The maximum absolute atomic E-state index is 16.0. The van der Waals surface area contributed by atoms with E-state index in [1.807, 2.05) is 46.8 Å². The fourth-order valence-electron chi connectivity index (χ4n) is 6.16. The van der Waals surface area contributed by atoms with Gasteiger partial charge in [-0.15, -0.1) is 0 Å². The molecule has 48 heavy (non-hydrogen) atoms. The first-order valence-corrected chi connectivity index (χ1v) is 16.1. The Kier molecular flexibility index (Phi) is 12.8. The number of aryl methyl sites for hydroxylation is 4. The number of benzene rings is 2. The van der Waals surface area contributed by atoms with Crippen LogP contribution in [0.5, 0.6) is 0 Å². The number of nitrogens with zero attached hydrogens (tertiary/aromatic N) is 2. The largest absolute Gasteiger partial charge is 0.466 e. The highest BCUT2D eigenvalue weighted by atomic mass is 19.4. The van der Waals surface area contributed by atoms with Crippen molar-refractivity contribution in [2.45, 2.75) is 86.0 Å². The first-order valence-electron chi connectivity index (χ1n) is 16.1. The van der Waals surface area contributed by atoms with Gasteiger partial charge in [0, 0.05) is 24.4 Å². The Bertz CT molecular complexity index is 1670. The number of esters is 1. The Morgan fingerprint density at radius 3 is 2.15 bits per heavy atom. The Balaban J connectivity index is 2.18. The molecular weight excluding hydrogens is 626 g/mol. The van der Waals surface area contributed by atoms with Crippen LogP contribution < -0.4 is 10.9 Å². The zero-order chi connectivity index (χ0) is 36.1. The molecule has 0 spiro atoms. The SMILES string of the molecule is CCOC(=O)C[C@H](NC(=O)C(CC(C)C)n1cc(CCN(C)C)c(C(F)(F)F)cc1=O)c1cc(-c2c(C)cc(C)cc2C)cc(C)c1F. The average Bonchev–Trinajstić information content (AvgIpc) is 2.95. The van der Waals surface area contributed by atoms with Gasteiger partial charge in [-0.1, -0.05) is 31.5 Å². The Labute approximate surface area is 280 Å². The standard InChI is InChI=1S/C37H47F4N3O4/c1-10-48-33(46)19-30(28-17-27(16-25(7)35(28)38)34-23(5)14-22(4)15-24(34)6)42-36(47)31(13-21(2)3)44-20-26(11-12-43(8)9)29(18-32(44)45)37(39,40)41/h14-18,20-21,30-31H,10-13,19H2,1-9H3,(H,42,47)/t30-,31?/m0/s1. The number of carbonyl (C=O) groups is 2. The van der Waals surface area contributed by atoms with Gasteiger partial charge in [0.05, 0.1) is 24.6 Å². The molecule has 1 heterocycles. The fourth-order valence-corrected chi connectivity index (χ4v) is 6.16. The Hall–Kier alpha value is -3.99. The van der Waals surface area contributed by atoms with Gasteiger partial charge in [-0.2, -0.15) is 13.2 Å². The van der Waals surface area contributed by atoms with E-state index in [4.69, 9.17) is 4.74 Å². The topological polar surface area (TPSA) is 80.6 Å². The molecule has 0 fully saturated rings. The summed E-state index contributed by atoms with van der Waals surface area (Å²) in [6, 6.07) is 5.45. The van der Waals surface area contributed by atoms with Crippen LogP contribution in [0.25, 0.3) is 11.1 Å². The van der Waals surface area contributed by atoms with Crippen LogP contribution in [0.4, 0.5) is 17.6 Å². The van der Waals surface area contributed by atoms with Gasteiger partial charge in [0.2, 0.25) is 5.91 Å². The molecule has 2 atom stereocenters. The van der Waals surface area contributed by atoms with Crippen molar-refractivity contribution in [2.75, 3.05) is 27.2 Å². The maximum atomic E-state index is 16.0. The maximum Gasteiger partial charge on any atom is 0.416 e. The molecule has 7 nitrogen and oxygen atoms in total. The van der Waals surface area contributed by atoms with Crippen molar-refractivity contribution in [3.63, 3.8) is 0 Å². The number of ether oxygens (including phenoxy) is 1. The van der Waals surface area contributed by atoms with E-state index in [0.29, 0.717) is 17.2 Å². The molecule has 0 aliphatic carbocycles. The molecule has 1 amide bonds. The first-order chi connectivity index (χ1) is 22.3. The van der Waals surface area contributed by atoms with Crippen LogP contribution in [0.15, 0.2) is 41.3 Å². The van der Waals surface area contributed by atoms with Gasteiger partial charge < -0.3 is 19.5 Å². The van der Waals surface area contributed by atoms with Crippen LogP contribution in [-0.4, -0.2) is 48.6 Å². The van der Waals surface area contributed by atoms with Gasteiger partial charge in [0.15, 0.2) is 0 Å². The van der Waals surface area contributed by atoms with E-state index in [0.717, 1.165) is 33.0 Å². The van der Waals surface area contributed by atoms with Gasteiger partial charge in [-0.05, 0) is 113 Å². The van der Waals surface area contributed by atoms with Gasteiger partial charge >= 0.3 is 12.1 Å². The number of nitrogens with one attached hydrogen (secondary N) is 1. The van der Waals surface area contributed by atoms with Crippen molar-refractivity contribution in [2.24, 2.45) is 5.92 Å². The van der Waals surface area contributed by atoms with E-state index >= 15 is 4.39 Å². The van der Waals surface area contributed by atoms with Crippen molar-refractivity contribution >= 4 is 11.9 Å². The second-order valence-electron chi connectivity index (χ2n) is 13.2. The van der Waals surface area contributed by atoms with Crippen LogP contribution in [0.2, 0.25) is 0 Å². The third kappa shape index (κ3) is 9.55. The van der Waals surface area contributed by atoms with Gasteiger partial charge in [0.1, 0.15) is 11.9 Å². The molecule has 1 aromatic heterocycles. The van der Waals surface area contributed by atoms with E-state index in [9.17, 15) is 27.6 Å². The second kappa shape index (κ2) is 15.9. The number of likely N-dealkylation sites (N-methyl/N-ethyl adjacent to an activating group) is 1. The Morgan fingerprint density at radius 2 is 1.60 bits per heavy atom. The third-order valence-electron chi connectivity index (χ3n) is 8.25. The van der Waals surface area contributed by atoms with Crippen molar-refractivity contribution in [1.82, 2.24) is 14.8 Å². The molecule has 0 bridgehead atoms. The summed E-state index contributed by atoms with van der Waals surface area (Å²) in [4.78, 5) is 41.9. The van der Waals surface area contributed by atoms with E-state index in [-0.39, 0.29) is 43.0 Å². The number of rotatable bonds is 13. The lowest BCUT2D eigenvalue weighted by atomic mass is 9.89. The molecule has 262 valence electrons. The summed E-state index contributed by atoms with van der Waals surface area (Å²) in [5.74, 6) is -2.18. The highest BCUT2D eigenvalue weighted by Crippen LogP contribution is 2.35. The predicted octanol–water partition coefficient (Wildman–Crippen LogP) is 7.41. The van der Waals surface area contributed by atoms with Crippen molar-refractivity contribution in [1.29, 1.82) is 0 Å². The molecule has 1 N–H and O–H groups in total. The lowest BCUT2D eigenvalue weighted by Crippen LogP contribution is -2.41. The summed E-state index contributed by atoms with van der Waals surface area (Å²) >= 11 is 0. The van der Waals surface area contributed by atoms with E-state index in [2.05, 4.69) is 5.32 Å². The second-order valence-corrected chi connectivity index (χ2v) is 13.2. The van der Waals surface area contributed by atoms with Gasteiger partial charge in [-0.3, -0.25) is 14.4 Å². The first kappa shape index (κ1) is 38.5. The lowest BCUT2D eigenvalue weighted by molar-refractivity contribution is -0.144. The van der Waals surface area contributed by atoms with Crippen LogP contribution >= 0.6 is 0 Å². The van der Waals surface area contributed by atoms with Crippen LogP contribution in [0.1, 0.15) is 84.6 Å². The van der Waals surface area contributed by atoms with Crippen LogP contribution in [0.3, 0.4) is 0 Å². The smallest absolute Gasteiger partial charge is 0.416 e. The number of pyridine rings is 1. The molecule has 3 aromatic rings. The van der Waals surface area contributed by atoms with Gasteiger partial charge in [-0.25, -0.2) is 4.39 Å². The Morgan fingerprint density at radius 1 is 0.979 bits per heavy atom. The zero-order valence-corrected chi connectivity index (χ0v) is 29.3. The van der Waals surface area contributed by atoms with Crippen molar-refractivity contribution < 1.29 is 31.9 Å². The number of alkyl halides is 3. The van der Waals surface area contributed by atoms with Crippen LogP contribution in [0, 0.1) is 39.4 Å². The quantitative estimate of drug-likeness (QED) is 0.151. The number of carbonyl (C=O) groups excluding carboxylic acids is 2. The number of amides is 1. The van der Waals surface area contributed by atoms with Crippen molar-refractivity contribution in [3.05, 3.63) is 91.6 Å². The molecule has 0 saturated heterocycles. The van der Waals surface area contributed by atoms with E-state index in [1.165, 1.54) is 0 Å². The normalized spacial score (nSPS) is 13.1. The number of hydrogen-bond acceptors (Lipinski definition) is 5. The summed E-state index contributed by atoms with van der Waals surface area (Å²) < 4.78 is 64.1. The lowest BCUT2D eigenvalue weighted by Gasteiger charge is -2.27. The van der Waals surface area contributed by atoms with Gasteiger partial charge in [0.25, 0.3) is 5.56 Å². The highest BCUT2D eigenvalue weighted by molar-refractivity contribution is 5.82. The molecule has 2 aromatic carbocycles. The molecule has 3 rings (SSSR count). The molecule has 11 heteroatoms. The minimum absolute atomic E-state index is 0.0151. The summed E-state index contributed by atoms with van der Waals surface area (Å²) in [6.07, 6.45) is -3.99. The fraction of sp³-hybridized carbons (Fsp3) is 0.486. The molecule has 0 aliphatic rings. The zero-order valence-electron chi connectivity index (χ0n) is 29.3. The van der Waals surface area contributed by atoms with Crippen LogP contribution in [-0.2, 0) is 26.9 Å². The molecule has 0 saturated carbocycles. The summed E-state index contributed by atoms with van der Waals surface area (Å²) in [5, 5.41) is 2.78.